The summed E-state index contributed by atoms with van der Waals surface area (Å²) < 4.78 is 0. The average molecular weight is 407 g/mol. The van der Waals surface area contributed by atoms with Gasteiger partial charge in [-0.1, -0.05) is 23.4 Å². The van der Waals surface area contributed by atoms with Crippen molar-refractivity contribution in [3.63, 3.8) is 0 Å². The van der Waals surface area contributed by atoms with E-state index in [1.807, 2.05) is 0 Å². The van der Waals surface area contributed by atoms with Crippen LogP contribution < -0.4 is 10.0 Å². The highest BCUT2D eigenvalue weighted by atomic mass is 35.5. The van der Waals surface area contributed by atoms with E-state index in [-0.39, 0.29) is 27.7 Å². The average Bonchev–Trinajstić information content (AvgIpc) is 2.89. The molecular formula is C16H9ClN3O6S-. The first-order valence-electron chi connectivity index (χ1n) is 7.43. The van der Waals surface area contributed by atoms with Gasteiger partial charge in [0.15, 0.2) is 0 Å². The Kier molecular flexibility index (Phi) is 5.10. The Morgan fingerprint density at radius 2 is 2.07 bits per heavy atom. The van der Waals surface area contributed by atoms with Gasteiger partial charge in [-0.15, -0.1) is 0 Å². The number of carboxylic acids is 1. The van der Waals surface area contributed by atoms with Gasteiger partial charge in [0.2, 0.25) is 11.8 Å². The molecule has 1 aromatic carbocycles. The normalized spacial score (nSPS) is 16.6. The predicted molar refractivity (Wildman–Crippen MR) is 93.4 cm³/mol. The van der Waals surface area contributed by atoms with Gasteiger partial charge in [-0.25, -0.2) is 9.88 Å². The number of imide groups is 1. The molecule has 2 aromatic rings. The van der Waals surface area contributed by atoms with Crippen LogP contribution in [0.4, 0.5) is 11.4 Å². The number of hydrogen-bond donors (Lipinski definition) is 0. The summed E-state index contributed by atoms with van der Waals surface area (Å²) in [4.78, 5) is 51.3. The van der Waals surface area contributed by atoms with Crippen molar-refractivity contribution in [2.24, 2.45) is 0 Å². The lowest BCUT2D eigenvalue weighted by atomic mass is 10.2. The van der Waals surface area contributed by atoms with Gasteiger partial charge in [0, 0.05) is 29.3 Å². The number of thioether (sulfide) groups is 1. The Labute approximate surface area is 161 Å². The van der Waals surface area contributed by atoms with E-state index in [0.29, 0.717) is 4.90 Å². The summed E-state index contributed by atoms with van der Waals surface area (Å²) in [5.74, 6) is -2.81. The van der Waals surface area contributed by atoms with Crippen molar-refractivity contribution in [1.29, 1.82) is 0 Å². The Balaban J connectivity index is 1.93. The molecule has 0 unspecified atom stereocenters. The highest BCUT2D eigenvalue weighted by Gasteiger charge is 2.43. The maximum Gasteiger partial charge on any atom is 0.294 e. The molecule has 0 N–H and O–H groups in total. The fourth-order valence-corrected chi connectivity index (χ4v) is 3.82. The van der Waals surface area contributed by atoms with Crippen LogP contribution in [0.5, 0.6) is 0 Å². The van der Waals surface area contributed by atoms with Crippen molar-refractivity contribution in [3.8, 4) is 0 Å². The molecule has 0 spiro atoms. The van der Waals surface area contributed by atoms with Gasteiger partial charge in [-0.3, -0.25) is 19.7 Å². The van der Waals surface area contributed by atoms with E-state index in [0.717, 1.165) is 17.8 Å². The van der Waals surface area contributed by atoms with E-state index in [9.17, 15) is 29.6 Å². The SMILES string of the molecule is O=C([O-])c1cccnc1S[C@@H]1CC(=O)N(c2ccc(Cl)cc2[N+](=O)[O-])C1=O. The molecule has 0 bridgehead atoms. The second-order valence-corrected chi connectivity index (χ2v) is 7.04. The molecule has 1 fully saturated rings. The standard InChI is InChI=1S/C16H10ClN3O6S/c17-8-3-4-10(11(6-8)20(25)26)19-13(21)7-12(15(19)22)27-14-9(16(23)24)2-1-5-18-14/h1-6,12H,7H2,(H,23,24)/p-1/t12-/m1/s1. The van der Waals surface area contributed by atoms with Crippen molar-refractivity contribution in [2.75, 3.05) is 4.90 Å². The van der Waals surface area contributed by atoms with Crippen LogP contribution in [0.15, 0.2) is 41.6 Å². The molecular weight excluding hydrogens is 398 g/mol. The lowest BCUT2D eigenvalue weighted by molar-refractivity contribution is -0.384. The van der Waals surface area contributed by atoms with Gasteiger partial charge >= 0.3 is 0 Å². The smallest absolute Gasteiger partial charge is 0.294 e. The Morgan fingerprint density at radius 1 is 1.33 bits per heavy atom. The number of amides is 2. The fourth-order valence-electron chi connectivity index (χ4n) is 2.56. The number of nitro benzene ring substituents is 1. The van der Waals surface area contributed by atoms with E-state index in [1.54, 1.807) is 0 Å². The van der Waals surface area contributed by atoms with Gasteiger partial charge in [0.1, 0.15) is 10.7 Å². The topological polar surface area (TPSA) is 134 Å². The zero-order valence-electron chi connectivity index (χ0n) is 13.3. The van der Waals surface area contributed by atoms with Crippen molar-refractivity contribution in [1.82, 2.24) is 4.98 Å². The van der Waals surface area contributed by atoms with Crippen LogP contribution in [0, 0.1) is 10.1 Å². The van der Waals surface area contributed by atoms with Crippen LogP contribution in [0.3, 0.4) is 0 Å². The summed E-state index contributed by atoms with van der Waals surface area (Å²) in [7, 11) is 0. The first kappa shape index (κ1) is 18.8. The highest BCUT2D eigenvalue weighted by Crippen LogP contribution is 2.38. The molecule has 1 aliphatic rings. The van der Waals surface area contributed by atoms with E-state index in [4.69, 9.17) is 11.6 Å². The molecule has 1 aromatic heterocycles. The predicted octanol–water partition coefficient (Wildman–Crippen LogP) is 1.43. The number of hydrogen-bond acceptors (Lipinski definition) is 8. The summed E-state index contributed by atoms with van der Waals surface area (Å²) in [6.07, 6.45) is 1.09. The number of aromatic nitrogens is 1. The highest BCUT2D eigenvalue weighted by molar-refractivity contribution is 8.00. The number of aromatic carboxylic acids is 1. The van der Waals surface area contributed by atoms with Gasteiger partial charge in [-0.05, 0) is 24.3 Å². The number of benzene rings is 1. The fraction of sp³-hybridized carbons (Fsp3) is 0.125. The summed E-state index contributed by atoms with van der Waals surface area (Å²) >= 11 is 6.55. The maximum atomic E-state index is 12.7. The largest absolute Gasteiger partial charge is 0.545 e. The van der Waals surface area contributed by atoms with Gasteiger partial charge < -0.3 is 9.90 Å². The molecule has 1 saturated heterocycles. The number of carbonyl (C=O) groups is 3. The van der Waals surface area contributed by atoms with Crippen LogP contribution in [-0.4, -0.2) is 32.9 Å². The molecule has 0 radical (unpaired) electrons. The summed E-state index contributed by atoms with van der Waals surface area (Å²) in [5, 5.41) is 21.5. The monoisotopic (exact) mass is 406 g/mol. The zero-order valence-corrected chi connectivity index (χ0v) is 14.9. The quantitative estimate of drug-likeness (QED) is 0.413. The van der Waals surface area contributed by atoms with Crippen LogP contribution in [0.25, 0.3) is 0 Å². The third-order valence-corrected chi connectivity index (χ3v) is 5.16. The first-order valence-corrected chi connectivity index (χ1v) is 8.69. The number of carbonyl (C=O) groups excluding carboxylic acids is 3. The van der Waals surface area contributed by atoms with Crippen molar-refractivity contribution >= 4 is 52.5 Å². The van der Waals surface area contributed by atoms with Crippen molar-refractivity contribution in [2.45, 2.75) is 16.7 Å². The van der Waals surface area contributed by atoms with E-state index < -0.39 is 33.6 Å². The number of halogens is 1. The number of carboxylic acid groups (broad SMARTS) is 1. The molecule has 27 heavy (non-hydrogen) atoms. The van der Waals surface area contributed by atoms with E-state index >= 15 is 0 Å². The second kappa shape index (κ2) is 7.33. The molecule has 2 amide bonds. The first-order chi connectivity index (χ1) is 12.8. The van der Waals surface area contributed by atoms with Crippen molar-refractivity contribution < 1.29 is 24.4 Å². The lowest BCUT2D eigenvalue weighted by Gasteiger charge is -2.15. The summed E-state index contributed by atoms with van der Waals surface area (Å²) in [6.45, 7) is 0. The Hall–Kier alpha value is -2.98. The third-order valence-electron chi connectivity index (χ3n) is 3.73. The van der Waals surface area contributed by atoms with Crippen molar-refractivity contribution in [3.05, 3.63) is 57.2 Å². The van der Waals surface area contributed by atoms with Crippen LogP contribution in [0.1, 0.15) is 16.8 Å². The van der Waals surface area contributed by atoms with E-state index in [1.165, 1.54) is 30.5 Å². The van der Waals surface area contributed by atoms with E-state index in [2.05, 4.69) is 4.98 Å². The number of nitro groups is 1. The molecule has 0 saturated carbocycles. The molecule has 3 rings (SSSR count). The second-order valence-electron chi connectivity index (χ2n) is 5.41. The minimum atomic E-state index is -1.47. The third kappa shape index (κ3) is 3.62. The number of anilines is 1. The van der Waals surface area contributed by atoms with Crippen LogP contribution in [0.2, 0.25) is 5.02 Å². The van der Waals surface area contributed by atoms with Gasteiger partial charge in [-0.2, -0.15) is 0 Å². The van der Waals surface area contributed by atoms with Gasteiger partial charge in [0.25, 0.3) is 5.69 Å². The lowest BCUT2D eigenvalue weighted by Crippen LogP contribution is -2.31. The zero-order chi connectivity index (χ0) is 19.7. The Morgan fingerprint density at radius 3 is 2.74 bits per heavy atom. The molecule has 2 heterocycles. The van der Waals surface area contributed by atoms with Gasteiger partial charge in [0.05, 0.1) is 16.1 Å². The molecule has 138 valence electrons. The minimum Gasteiger partial charge on any atom is -0.545 e. The molecule has 1 aliphatic heterocycles. The molecule has 0 aliphatic carbocycles. The molecule has 11 heteroatoms. The summed E-state index contributed by atoms with van der Waals surface area (Å²) in [5.41, 5.74) is -0.884. The number of rotatable bonds is 5. The minimum absolute atomic E-state index is 0.0242. The number of pyridine rings is 1. The summed E-state index contributed by atoms with van der Waals surface area (Å²) in [6, 6.07) is 6.27. The molecule has 1 atom stereocenters. The maximum absolute atomic E-state index is 12.7. The number of nitrogens with zero attached hydrogens (tertiary/aromatic N) is 3. The Bertz CT molecular complexity index is 982. The van der Waals surface area contributed by atoms with Crippen LogP contribution >= 0.6 is 23.4 Å². The van der Waals surface area contributed by atoms with Crippen LogP contribution in [-0.2, 0) is 9.59 Å². The molecule has 9 nitrogen and oxygen atoms in total.